The van der Waals surface area contributed by atoms with Gasteiger partial charge in [0.1, 0.15) is 0 Å². The van der Waals surface area contributed by atoms with Crippen LogP contribution < -0.4 is 0 Å². The van der Waals surface area contributed by atoms with Crippen LogP contribution in [0, 0.1) is 0 Å². The van der Waals surface area contributed by atoms with E-state index in [-0.39, 0.29) is 0 Å². The van der Waals surface area contributed by atoms with Gasteiger partial charge in [-0.15, -0.1) is 0 Å². The van der Waals surface area contributed by atoms with Gasteiger partial charge in [-0.05, 0) is 40.0 Å². The fraction of sp³-hybridized carbons (Fsp3) is 0. The molecule has 0 saturated heterocycles. The van der Waals surface area contributed by atoms with Crippen molar-refractivity contribution in [1.82, 2.24) is 0 Å². The molecule has 0 bridgehead atoms. The van der Waals surface area contributed by atoms with Crippen LogP contribution in [0.1, 0.15) is 0 Å². The fourth-order valence-electron chi connectivity index (χ4n) is 2.80. The van der Waals surface area contributed by atoms with E-state index in [9.17, 15) is 0 Å². The molecule has 4 aromatic rings. The average Bonchev–Trinajstić information content (AvgIpc) is 2.69. The highest BCUT2D eigenvalue weighted by Crippen LogP contribution is 2.53. The molecule has 0 fully saturated rings. The van der Waals surface area contributed by atoms with E-state index in [2.05, 4.69) is 91.0 Å². The third-order valence-electron chi connectivity index (χ3n) is 3.92. The summed E-state index contributed by atoms with van der Waals surface area (Å²) in [7, 11) is 4.18. The summed E-state index contributed by atoms with van der Waals surface area (Å²) >= 11 is 0. The normalized spacial score (nSPS) is 11.5. The minimum atomic E-state index is 1.31. The van der Waals surface area contributed by atoms with Gasteiger partial charge in [-0.2, -0.15) is 0 Å². The summed E-state index contributed by atoms with van der Waals surface area (Å²) in [4.78, 5) is 0. The van der Waals surface area contributed by atoms with E-state index in [1.807, 2.05) is 0 Å². The molecule has 0 nitrogen and oxygen atoms in total. The number of rotatable bonds is 3. The Hall–Kier alpha value is -1.83. The smallest absolute Gasteiger partial charge is 0.0227 e. The van der Waals surface area contributed by atoms with E-state index in [4.69, 9.17) is 0 Å². The zero-order chi connectivity index (χ0) is 16.2. The van der Waals surface area contributed by atoms with E-state index in [0.717, 1.165) is 0 Å². The minimum Gasteiger partial charge on any atom is -0.0622 e. The standard InChI is InChI=1S/C21H15P3/c1-4-10-16(11-5-1)19-20(17-12-6-2-7-13-17)22-24-23-21(19)18-14-8-3-9-15-18/h1-15H. The topological polar surface area (TPSA) is 0 Å². The molecule has 0 amide bonds. The van der Waals surface area contributed by atoms with E-state index >= 15 is 0 Å². The van der Waals surface area contributed by atoms with Crippen molar-refractivity contribution in [2.75, 3.05) is 0 Å². The number of hydrogen-bond acceptors (Lipinski definition) is 0. The molecule has 4 rings (SSSR count). The second kappa shape index (κ2) is 7.38. The van der Waals surface area contributed by atoms with Crippen molar-refractivity contribution in [2.45, 2.75) is 0 Å². The van der Waals surface area contributed by atoms with Crippen LogP contribution in [-0.2, 0) is 0 Å². The van der Waals surface area contributed by atoms with Gasteiger partial charge in [0.15, 0.2) is 0 Å². The van der Waals surface area contributed by atoms with Gasteiger partial charge in [-0.25, -0.2) is 0 Å². The van der Waals surface area contributed by atoms with E-state index in [1.165, 1.54) is 56.1 Å². The van der Waals surface area contributed by atoms with Gasteiger partial charge in [-0.1, -0.05) is 91.0 Å². The van der Waals surface area contributed by atoms with Gasteiger partial charge >= 0.3 is 0 Å². The third kappa shape index (κ3) is 3.19. The molecule has 0 atom stereocenters. The number of hydrogen-bond donors (Lipinski definition) is 0. The summed E-state index contributed by atoms with van der Waals surface area (Å²) in [6.07, 6.45) is 0. The maximum absolute atomic E-state index is 2.23. The van der Waals surface area contributed by atoms with Crippen LogP contribution in [0.25, 0.3) is 32.8 Å². The highest BCUT2D eigenvalue weighted by Gasteiger charge is 2.14. The van der Waals surface area contributed by atoms with Crippen LogP contribution in [0.3, 0.4) is 0 Å². The molecule has 0 saturated carbocycles. The first-order valence-corrected chi connectivity index (χ1v) is 11.9. The lowest BCUT2D eigenvalue weighted by Gasteiger charge is -2.14. The molecule has 0 aliphatic rings. The van der Waals surface area contributed by atoms with Crippen LogP contribution in [0.2, 0.25) is 0 Å². The highest BCUT2D eigenvalue weighted by atomic mass is 32.1. The van der Waals surface area contributed by atoms with Crippen molar-refractivity contribution in [2.24, 2.45) is 0 Å². The predicted molar refractivity (Wildman–Crippen MR) is 110 cm³/mol. The first-order valence-electron chi connectivity index (χ1n) is 7.83. The van der Waals surface area contributed by atoms with E-state index in [0.29, 0.717) is 0 Å². The van der Waals surface area contributed by atoms with E-state index in [1.54, 1.807) is 0 Å². The van der Waals surface area contributed by atoms with Crippen LogP contribution in [0.5, 0.6) is 0 Å². The molecular weight excluding hydrogens is 345 g/mol. The van der Waals surface area contributed by atoms with Crippen molar-refractivity contribution in [3.05, 3.63) is 91.0 Å². The molecule has 1 aromatic heterocycles. The average molecular weight is 360 g/mol. The lowest BCUT2D eigenvalue weighted by atomic mass is 9.98. The Balaban J connectivity index is 2.02. The van der Waals surface area contributed by atoms with Crippen molar-refractivity contribution < 1.29 is 0 Å². The van der Waals surface area contributed by atoms with Crippen LogP contribution in [-0.4, -0.2) is 0 Å². The molecule has 0 N–H and O–H groups in total. The second-order valence-electron chi connectivity index (χ2n) is 5.46. The fourth-order valence-corrected chi connectivity index (χ4v) is 8.30. The lowest BCUT2D eigenvalue weighted by molar-refractivity contribution is 1.63. The summed E-state index contributed by atoms with van der Waals surface area (Å²) in [5, 5.41) is 2.86. The van der Waals surface area contributed by atoms with Gasteiger partial charge in [0, 0.05) is 16.2 Å². The lowest BCUT2D eigenvalue weighted by Crippen LogP contribution is -1.85. The van der Waals surface area contributed by atoms with Crippen LogP contribution in [0.15, 0.2) is 91.0 Å². The van der Waals surface area contributed by atoms with Crippen molar-refractivity contribution in [1.29, 1.82) is 0 Å². The van der Waals surface area contributed by atoms with Crippen molar-refractivity contribution in [3.8, 4) is 32.8 Å². The Morgan fingerprint density at radius 3 is 1.21 bits per heavy atom. The van der Waals surface area contributed by atoms with Crippen LogP contribution >= 0.6 is 23.3 Å². The number of benzene rings is 3. The Bertz CT molecular complexity index is 879. The summed E-state index contributed by atoms with van der Waals surface area (Å²) in [6.45, 7) is 0. The van der Waals surface area contributed by atoms with Gasteiger partial charge in [-0.3, -0.25) is 0 Å². The molecule has 0 radical (unpaired) electrons. The van der Waals surface area contributed by atoms with Gasteiger partial charge in [0.25, 0.3) is 0 Å². The zero-order valence-electron chi connectivity index (χ0n) is 13.0. The predicted octanol–water partition coefficient (Wildman–Crippen LogP) is 8.43. The molecular formula is C21H15P3. The van der Waals surface area contributed by atoms with Gasteiger partial charge in [0.05, 0.1) is 0 Å². The summed E-state index contributed by atoms with van der Waals surface area (Å²) in [5.41, 5.74) is 5.36. The molecule has 24 heavy (non-hydrogen) atoms. The SMILES string of the molecule is c1ccc(-c2pppc(-c3ccccc3)c2-c2ccccc2)cc1. The molecule has 0 aliphatic carbocycles. The van der Waals surface area contributed by atoms with Crippen LogP contribution in [0.4, 0.5) is 0 Å². The molecule has 0 unspecified atom stereocenters. The maximum Gasteiger partial charge on any atom is 0.0227 e. The minimum absolute atomic E-state index is 1.31. The second-order valence-corrected chi connectivity index (χ2v) is 10.3. The highest BCUT2D eigenvalue weighted by molar-refractivity contribution is 8.17. The third-order valence-corrected chi connectivity index (χ3v) is 8.81. The van der Waals surface area contributed by atoms with Gasteiger partial charge in [0.2, 0.25) is 0 Å². The zero-order valence-corrected chi connectivity index (χ0v) is 15.7. The Morgan fingerprint density at radius 2 is 0.792 bits per heavy atom. The molecule has 0 aliphatic heterocycles. The van der Waals surface area contributed by atoms with Crippen molar-refractivity contribution in [3.63, 3.8) is 0 Å². The Labute approximate surface area is 147 Å². The Kier molecular flexibility index (Phi) is 4.82. The van der Waals surface area contributed by atoms with Gasteiger partial charge < -0.3 is 0 Å². The van der Waals surface area contributed by atoms with E-state index < -0.39 is 0 Å². The quantitative estimate of drug-likeness (QED) is 0.344. The first-order chi connectivity index (χ1) is 11.9. The summed E-state index contributed by atoms with van der Waals surface area (Å²) in [5.74, 6) is 0. The Morgan fingerprint density at radius 1 is 0.417 bits per heavy atom. The molecule has 1 heterocycles. The molecule has 114 valence electrons. The summed E-state index contributed by atoms with van der Waals surface area (Å²) < 4.78 is 0. The van der Waals surface area contributed by atoms with Crippen molar-refractivity contribution >= 4 is 23.3 Å². The first kappa shape index (κ1) is 15.7. The molecule has 0 spiro atoms. The largest absolute Gasteiger partial charge is 0.0622 e. The monoisotopic (exact) mass is 360 g/mol. The molecule has 3 heteroatoms. The summed E-state index contributed by atoms with van der Waals surface area (Å²) in [6, 6.07) is 32.4. The molecule has 3 aromatic carbocycles. The maximum atomic E-state index is 2.23.